The lowest BCUT2D eigenvalue weighted by molar-refractivity contribution is 0.544. The molecule has 15 heavy (non-hydrogen) atoms. The standard InChI is InChI=1S/C12H17N3/c1-12(2,7-13)8-6-15-10-5-3-4-9(14)11(8)10/h3-6,15H,7,13-14H2,1-2H3. The minimum Gasteiger partial charge on any atom is -0.398 e. The maximum atomic E-state index is 5.99. The third-order valence-corrected chi connectivity index (χ3v) is 2.98. The van der Waals surface area contributed by atoms with Gasteiger partial charge in [0.1, 0.15) is 0 Å². The van der Waals surface area contributed by atoms with E-state index in [2.05, 4.69) is 18.8 Å². The molecule has 80 valence electrons. The van der Waals surface area contributed by atoms with E-state index in [1.807, 2.05) is 24.4 Å². The summed E-state index contributed by atoms with van der Waals surface area (Å²) in [5.74, 6) is 0. The molecule has 5 N–H and O–H groups in total. The van der Waals surface area contributed by atoms with Crippen LogP contribution in [0.4, 0.5) is 5.69 Å². The van der Waals surface area contributed by atoms with Crippen LogP contribution in [0.2, 0.25) is 0 Å². The molecule has 0 atom stereocenters. The first-order chi connectivity index (χ1) is 7.06. The Morgan fingerprint density at radius 1 is 1.33 bits per heavy atom. The number of hydrogen-bond acceptors (Lipinski definition) is 2. The van der Waals surface area contributed by atoms with Crippen LogP contribution in [0.1, 0.15) is 19.4 Å². The molecule has 0 unspecified atom stereocenters. The summed E-state index contributed by atoms with van der Waals surface area (Å²) < 4.78 is 0. The molecule has 0 amide bonds. The molecule has 0 saturated carbocycles. The Hall–Kier alpha value is -1.48. The Bertz CT molecular complexity index is 483. The van der Waals surface area contributed by atoms with Crippen molar-refractivity contribution in [1.82, 2.24) is 4.98 Å². The molecular formula is C12H17N3. The third kappa shape index (κ3) is 1.49. The largest absolute Gasteiger partial charge is 0.398 e. The Morgan fingerprint density at radius 3 is 2.73 bits per heavy atom. The van der Waals surface area contributed by atoms with Crippen LogP contribution in [0.5, 0.6) is 0 Å². The first kappa shape index (κ1) is 10.1. The molecule has 0 aliphatic rings. The second-order valence-electron chi connectivity index (χ2n) is 4.56. The minimum atomic E-state index is -0.0479. The van der Waals surface area contributed by atoms with Gasteiger partial charge in [0.05, 0.1) is 0 Å². The zero-order valence-corrected chi connectivity index (χ0v) is 9.17. The highest BCUT2D eigenvalue weighted by molar-refractivity contribution is 5.94. The second-order valence-corrected chi connectivity index (χ2v) is 4.56. The monoisotopic (exact) mass is 203 g/mol. The van der Waals surface area contributed by atoms with Crippen molar-refractivity contribution < 1.29 is 0 Å². The molecular weight excluding hydrogens is 186 g/mol. The lowest BCUT2D eigenvalue weighted by Gasteiger charge is -2.22. The smallest absolute Gasteiger partial charge is 0.0477 e. The number of nitrogens with two attached hydrogens (primary N) is 2. The van der Waals surface area contributed by atoms with Gasteiger partial charge < -0.3 is 16.5 Å². The van der Waals surface area contributed by atoms with Crippen molar-refractivity contribution in [3.63, 3.8) is 0 Å². The highest BCUT2D eigenvalue weighted by Crippen LogP contribution is 2.32. The molecule has 3 nitrogen and oxygen atoms in total. The summed E-state index contributed by atoms with van der Waals surface area (Å²) in [6.07, 6.45) is 2.01. The van der Waals surface area contributed by atoms with E-state index in [1.165, 1.54) is 5.56 Å². The number of hydrogen-bond donors (Lipinski definition) is 3. The Labute approximate surface area is 89.5 Å². The molecule has 0 radical (unpaired) electrons. The van der Waals surface area contributed by atoms with Crippen molar-refractivity contribution in [1.29, 1.82) is 0 Å². The quantitative estimate of drug-likeness (QED) is 0.653. The summed E-state index contributed by atoms with van der Waals surface area (Å²) >= 11 is 0. The number of benzene rings is 1. The molecule has 0 saturated heterocycles. The van der Waals surface area contributed by atoms with Gasteiger partial charge in [-0.15, -0.1) is 0 Å². The van der Waals surface area contributed by atoms with Crippen LogP contribution in [0.25, 0.3) is 10.9 Å². The van der Waals surface area contributed by atoms with E-state index in [0.717, 1.165) is 16.6 Å². The summed E-state index contributed by atoms with van der Waals surface area (Å²) in [6, 6.07) is 5.90. The highest BCUT2D eigenvalue weighted by atomic mass is 14.7. The van der Waals surface area contributed by atoms with Crippen molar-refractivity contribution in [3.05, 3.63) is 30.0 Å². The Kier molecular flexibility index (Phi) is 2.20. The predicted octanol–water partition coefficient (Wildman–Crippen LogP) is 1.99. The molecule has 1 aromatic carbocycles. The average molecular weight is 203 g/mol. The van der Waals surface area contributed by atoms with E-state index < -0.39 is 0 Å². The molecule has 0 spiro atoms. The van der Waals surface area contributed by atoms with Crippen molar-refractivity contribution in [2.24, 2.45) is 5.73 Å². The van der Waals surface area contributed by atoms with Crippen molar-refractivity contribution in [2.45, 2.75) is 19.3 Å². The van der Waals surface area contributed by atoms with E-state index in [-0.39, 0.29) is 5.41 Å². The van der Waals surface area contributed by atoms with Gasteiger partial charge in [0.25, 0.3) is 0 Å². The van der Waals surface area contributed by atoms with Crippen LogP contribution in [-0.2, 0) is 5.41 Å². The van der Waals surface area contributed by atoms with E-state index in [4.69, 9.17) is 11.5 Å². The van der Waals surface area contributed by atoms with Gasteiger partial charge in [0.2, 0.25) is 0 Å². The number of anilines is 1. The number of H-pyrrole nitrogens is 1. The van der Waals surface area contributed by atoms with Crippen LogP contribution >= 0.6 is 0 Å². The second kappa shape index (κ2) is 3.28. The van der Waals surface area contributed by atoms with Gasteiger partial charge in [-0.3, -0.25) is 0 Å². The van der Waals surface area contributed by atoms with Gasteiger partial charge in [-0.2, -0.15) is 0 Å². The number of aromatic amines is 1. The van der Waals surface area contributed by atoms with Crippen molar-refractivity contribution in [3.8, 4) is 0 Å². The molecule has 2 rings (SSSR count). The summed E-state index contributed by atoms with van der Waals surface area (Å²) in [7, 11) is 0. The molecule has 0 aliphatic carbocycles. The van der Waals surface area contributed by atoms with E-state index in [9.17, 15) is 0 Å². The summed E-state index contributed by atoms with van der Waals surface area (Å²) in [6.45, 7) is 4.86. The fourth-order valence-electron chi connectivity index (χ4n) is 1.86. The fraction of sp³-hybridized carbons (Fsp3) is 0.333. The number of fused-ring (bicyclic) bond motifs is 1. The first-order valence-electron chi connectivity index (χ1n) is 5.12. The van der Waals surface area contributed by atoms with Gasteiger partial charge in [-0.1, -0.05) is 19.9 Å². The molecule has 0 bridgehead atoms. The van der Waals surface area contributed by atoms with Gasteiger partial charge in [-0.25, -0.2) is 0 Å². The van der Waals surface area contributed by atoms with Gasteiger partial charge >= 0.3 is 0 Å². The van der Waals surface area contributed by atoms with E-state index in [1.54, 1.807) is 0 Å². The molecule has 1 heterocycles. The fourth-order valence-corrected chi connectivity index (χ4v) is 1.86. The van der Waals surface area contributed by atoms with Crippen LogP contribution in [0.15, 0.2) is 24.4 Å². The zero-order chi connectivity index (χ0) is 11.1. The molecule has 0 aliphatic heterocycles. The first-order valence-corrected chi connectivity index (χ1v) is 5.12. The van der Waals surface area contributed by atoms with Crippen molar-refractivity contribution in [2.75, 3.05) is 12.3 Å². The summed E-state index contributed by atoms with van der Waals surface area (Å²) in [5, 5.41) is 1.10. The maximum absolute atomic E-state index is 5.99. The Morgan fingerprint density at radius 2 is 2.07 bits per heavy atom. The highest BCUT2D eigenvalue weighted by Gasteiger charge is 2.23. The topological polar surface area (TPSA) is 67.8 Å². The van der Waals surface area contributed by atoms with Gasteiger partial charge in [0.15, 0.2) is 0 Å². The zero-order valence-electron chi connectivity index (χ0n) is 9.17. The normalized spacial score (nSPS) is 12.2. The molecule has 3 heteroatoms. The SMILES string of the molecule is CC(C)(CN)c1c[nH]c2cccc(N)c12. The van der Waals surface area contributed by atoms with E-state index >= 15 is 0 Å². The van der Waals surface area contributed by atoms with Crippen LogP contribution in [0.3, 0.4) is 0 Å². The predicted molar refractivity (Wildman–Crippen MR) is 64.8 cm³/mol. The van der Waals surface area contributed by atoms with Crippen LogP contribution in [-0.4, -0.2) is 11.5 Å². The maximum Gasteiger partial charge on any atom is 0.0477 e. The third-order valence-electron chi connectivity index (χ3n) is 2.98. The lowest BCUT2D eigenvalue weighted by Crippen LogP contribution is -2.27. The number of nitrogen functional groups attached to an aromatic ring is 1. The van der Waals surface area contributed by atoms with Gasteiger partial charge in [0, 0.05) is 34.7 Å². The number of aromatic nitrogens is 1. The van der Waals surface area contributed by atoms with Crippen LogP contribution in [0, 0.1) is 0 Å². The van der Waals surface area contributed by atoms with Crippen LogP contribution < -0.4 is 11.5 Å². The van der Waals surface area contributed by atoms with E-state index in [0.29, 0.717) is 6.54 Å². The summed E-state index contributed by atoms with van der Waals surface area (Å²) in [5.41, 5.74) is 14.8. The molecule has 0 fully saturated rings. The number of rotatable bonds is 2. The molecule has 1 aromatic heterocycles. The van der Waals surface area contributed by atoms with Crippen molar-refractivity contribution >= 4 is 16.6 Å². The minimum absolute atomic E-state index is 0.0479. The number of nitrogens with one attached hydrogen (secondary N) is 1. The lowest BCUT2D eigenvalue weighted by atomic mass is 9.84. The van der Waals surface area contributed by atoms with Gasteiger partial charge in [-0.05, 0) is 17.7 Å². The Balaban J connectivity index is 2.73. The average Bonchev–Trinajstić information content (AvgIpc) is 2.63. The molecule has 2 aromatic rings. The summed E-state index contributed by atoms with van der Waals surface area (Å²) in [4.78, 5) is 3.23.